The highest BCUT2D eigenvalue weighted by Gasteiger charge is 2.19. The number of H-pyrrole nitrogens is 1. The number of ether oxygens (including phenoxy) is 2. The highest BCUT2D eigenvalue weighted by atomic mass is 35.5. The highest BCUT2D eigenvalue weighted by Crippen LogP contribution is 2.31. The van der Waals surface area contributed by atoms with Gasteiger partial charge in [-0.2, -0.15) is 5.26 Å². The zero-order valence-corrected chi connectivity index (χ0v) is 18.7. The number of hydrogen-bond donors (Lipinski definition) is 1. The topological polar surface area (TPSA) is 88.0 Å². The Bertz CT molecular complexity index is 1510. The van der Waals surface area contributed by atoms with Crippen LogP contribution in [0.15, 0.2) is 48.5 Å². The summed E-state index contributed by atoms with van der Waals surface area (Å²) in [5.41, 5.74) is 3.14. The van der Waals surface area contributed by atoms with Gasteiger partial charge < -0.3 is 14.5 Å². The summed E-state index contributed by atoms with van der Waals surface area (Å²) in [6.45, 7) is 1.96. The molecule has 0 amide bonds. The molecule has 0 saturated heterocycles. The van der Waals surface area contributed by atoms with Crippen LogP contribution in [-0.2, 0) is 0 Å². The number of nitriles is 1. The van der Waals surface area contributed by atoms with E-state index in [1.807, 2.05) is 25.1 Å². The van der Waals surface area contributed by atoms with Crippen molar-refractivity contribution in [2.24, 2.45) is 0 Å². The molecule has 0 atom stereocenters. The Morgan fingerprint density at radius 3 is 2.62 bits per heavy atom. The molecule has 1 N–H and O–H groups in total. The molecule has 9 heteroatoms. The van der Waals surface area contributed by atoms with Crippen LogP contribution in [0.1, 0.15) is 27.3 Å². The summed E-state index contributed by atoms with van der Waals surface area (Å²) in [6, 6.07) is 13.8. The van der Waals surface area contributed by atoms with E-state index in [0.717, 1.165) is 16.6 Å². The monoisotopic (exact) mass is 479 g/mol. The number of carbonyl (C=O) groups is 1. The minimum Gasteiger partial charge on any atom is -0.493 e. The smallest absolute Gasteiger partial charge is 0.345 e. The number of aromatic nitrogens is 2. The van der Waals surface area contributed by atoms with Gasteiger partial charge in [0, 0.05) is 0 Å². The summed E-state index contributed by atoms with van der Waals surface area (Å²) in [6.07, 6.45) is 1.60. The molecule has 34 heavy (non-hydrogen) atoms. The van der Waals surface area contributed by atoms with Crippen LogP contribution in [0, 0.1) is 29.9 Å². The number of aryl methyl sites for hydroxylation is 1. The summed E-state index contributed by atoms with van der Waals surface area (Å²) in [7, 11) is 1.37. The Balaban J connectivity index is 1.63. The van der Waals surface area contributed by atoms with Crippen molar-refractivity contribution in [3.8, 4) is 17.6 Å². The Kier molecular flexibility index (Phi) is 6.30. The van der Waals surface area contributed by atoms with E-state index < -0.39 is 17.6 Å². The lowest BCUT2D eigenvalue weighted by Gasteiger charge is -2.11. The van der Waals surface area contributed by atoms with Crippen molar-refractivity contribution in [3.63, 3.8) is 0 Å². The molecule has 170 valence electrons. The van der Waals surface area contributed by atoms with Crippen molar-refractivity contribution in [2.45, 2.75) is 6.92 Å². The van der Waals surface area contributed by atoms with Gasteiger partial charge in [0.15, 0.2) is 23.1 Å². The molecule has 4 aromatic rings. The maximum absolute atomic E-state index is 13.5. The maximum atomic E-state index is 13.5. The van der Waals surface area contributed by atoms with Crippen molar-refractivity contribution in [2.75, 3.05) is 7.11 Å². The predicted molar refractivity (Wildman–Crippen MR) is 124 cm³/mol. The number of halogens is 3. The fourth-order valence-corrected chi connectivity index (χ4v) is 3.49. The normalized spacial score (nSPS) is 11.4. The number of nitrogens with one attached hydrogen (secondary N) is 1. The van der Waals surface area contributed by atoms with Gasteiger partial charge in [-0.15, -0.1) is 0 Å². The average Bonchev–Trinajstić information content (AvgIpc) is 3.23. The first-order valence-corrected chi connectivity index (χ1v) is 10.3. The second-order valence-electron chi connectivity index (χ2n) is 7.32. The van der Waals surface area contributed by atoms with Gasteiger partial charge in [0.25, 0.3) is 0 Å². The molecule has 0 bridgehead atoms. The van der Waals surface area contributed by atoms with Crippen LogP contribution in [0.2, 0.25) is 5.02 Å². The summed E-state index contributed by atoms with van der Waals surface area (Å²) >= 11 is 5.84. The van der Waals surface area contributed by atoms with E-state index in [-0.39, 0.29) is 27.7 Å². The van der Waals surface area contributed by atoms with Crippen LogP contribution >= 0.6 is 11.6 Å². The molecule has 0 aliphatic carbocycles. The maximum Gasteiger partial charge on any atom is 0.345 e. The third-order valence-corrected chi connectivity index (χ3v) is 5.26. The number of fused-ring (bicyclic) bond motifs is 1. The molecule has 1 heterocycles. The summed E-state index contributed by atoms with van der Waals surface area (Å²) in [5.74, 6) is -2.77. The molecule has 0 fully saturated rings. The first kappa shape index (κ1) is 23.0. The molecule has 0 unspecified atom stereocenters. The van der Waals surface area contributed by atoms with Crippen molar-refractivity contribution in [1.29, 1.82) is 5.26 Å². The molecule has 1 aromatic heterocycles. The van der Waals surface area contributed by atoms with Gasteiger partial charge in [-0.1, -0.05) is 23.7 Å². The van der Waals surface area contributed by atoms with Crippen LogP contribution in [0.5, 0.6) is 11.5 Å². The van der Waals surface area contributed by atoms with Crippen LogP contribution in [0.3, 0.4) is 0 Å². The lowest BCUT2D eigenvalue weighted by atomic mass is 10.1. The predicted octanol–water partition coefficient (Wildman–Crippen LogP) is 6.09. The summed E-state index contributed by atoms with van der Waals surface area (Å²) in [5, 5.41) is 9.38. The van der Waals surface area contributed by atoms with Crippen molar-refractivity contribution < 1.29 is 23.0 Å². The molecule has 4 rings (SSSR count). The van der Waals surface area contributed by atoms with E-state index in [1.165, 1.54) is 13.2 Å². The van der Waals surface area contributed by atoms with Crippen LogP contribution in [-0.4, -0.2) is 23.0 Å². The van der Waals surface area contributed by atoms with E-state index >= 15 is 0 Å². The Morgan fingerprint density at radius 2 is 1.88 bits per heavy atom. The van der Waals surface area contributed by atoms with E-state index in [4.69, 9.17) is 21.1 Å². The fraction of sp³-hybridized carbons (Fsp3) is 0.0800. The third kappa shape index (κ3) is 4.60. The van der Waals surface area contributed by atoms with Crippen molar-refractivity contribution in [1.82, 2.24) is 9.97 Å². The zero-order valence-electron chi connectivity index (χ0n) is 17.9. The van der Waals surface area contributed by atoms with Gasteiger partial charge in [-0.05, 0) is 60.5 Å². The Labute approximate surface area is 198 Å². The minimum absolute atomic E-state index is 0.0307. The quantitative estimate of drug-likeness (QED) is 0.162. The molecular formula is C25H16ClF2N3O3. The van der Waals surface area contributed by atoms with Gasteiger partial charge in [0.05, 0.1) is 34.3 Å². The van der Waals surface area contributed by atoms with Gasteiger partial charge >= 0.3 is 5.97 Å². The first-order chi connectivity index (χ1) is 16.3. The minimum atomic E-state index is -1.23. The zero-order chi connectivity index (χ0) is 24.4. The third-order valence-electron chi connectivity index (χ3n) is 4.94. The second-order valence-corrected chi connectivity index (χ2v) is 7.73. The molecule has 0 aliphatic heterocycles. The highest BCUT2D eigenvalue weighted by molar-refractivity contribution is 6.33. The number of rotatable bonds is 5. The molecule has 0 spiro atoms. The average molecular weight is 480 g/mol. The standard InChI is InChI=1S/C25H16ClF2N3O3/c1-13-3-5-20-21(7-13)31-24(30-20)15(12-29)8-14-4-6-22(23(9-14)33-2)34-25(32)16-10-18(27)19(28)11-17(16)26/h3-11H,1-2H3,(H,30,31)/b15-8+. The fourth-order valence-electron chi connectivity index (χ4n) is 3.26. The number of methoxy groups -OCH3 is 1. The number of allylic oxidation sites excluding steroid dienone is 1. The molecule has 3 aromatic carbocycles. The number of carbonyl (C=O) groups excluding carboxylic acids is 1. The lowest BCUT2D eigenvalue weighted by molar-refractivity contribution is 0.0729. The van der Waals surface area contributed by atoms with Gasteiger partial charge in [-0.3, -0.25) is 0 Å². The summed E-state index contributed by atoms with van der Waals surface area (Å²) in [4.78, 5) is 20.0. The molecule has 0 aliphatic rings. The van der Waals surface area contributed by atoms with E-state index in [0.29, 0.717) is 23.5 Å². The SMILES string of the molecule is COc1cc(/C=C(\C#N)c2nc3ccc(C)cc3[nH]2)ccc1OC(=O)c1cc(F)c(F)cc1Cl. The van der Waals surface area contributed by atoms with Crippen LogP contribution in [0.25, 0.3) is 22.7 Å². The van der Waals surface area contributed by atoms with Crippen molar-refractivity contribution in [3.05, 3.63) is 87.7 Å². The lowest BCUT2D eigenvalue weighted by Crippen LogP contribution is -2.11. The molecule has 0 radical (unpaired) electrons. The number of esters is 1. The Morgan fingerprint density at radius 1 is 1.12 bits per heavy atom. The van der Waals surface area contributed by atoms with E-state index in [1.54, 1.807) is 18.2 Å². The summed E-state index contributed by atoms with van der Waals surface area (Å²) < 4.78 is 37.4. The number of imidazole rings is 1. The van der Waals surface area contributed by atoms with Gasteiger partial charge in [0.1, 0.15) is 11.9 Å². The number of hydrogen-bond acceptors (Lipinski definition) is 5. The van der Waals surface area contributed by atoms with E-state index in [9.17, 15) is 18.8 Å². The van der Waals surface area contributed by atoms with Gasteiger partial charge in [-0.25, -0.2) is 18.6 Å². The first-order valence-electron chi connectivity index (χ1n) is 9.92. The van der Waals surface area contributed by atoms with Crippen LogP contribution < -0.4 is 9.47 Å². The largest absolute Gasteiger partial charge is 0.493 e. The Hall–Kier alpha value is -4.22. The molecular weight excluding hydrogens is 464 g/mol. The molecule has 0 saturated carbocycles. The number of benzene rings is 3. The molecule has 6 nitrogen and oxygen atoms in total. The van der Waals surface area contributed by atoms with Crippen molar-refractivity contribution >= 4 is 40.3 Å². The second kappa shape index (κ2) is 9.33. The van der Waals surface area contributed by atoms with Crippen LogP contribution in [0.4, 0.5) is 8.78 Å². The number of nitrogens with zero attached hydrogens (tertiary/aromatic N) is 2. The van der Waals surface area contributed by atoms with E-state index in [2.05, 4.69) is 16.0 Å². The number of aromatic amines is 1. The van der Waals surface area contributed by atoms with Gasteiger partial charge in [0.2, 0.25) is 0 Å².